The predicted molar refractivity (Wildman–Crippen MR) is 137 cm³/mol. The number of H-pyrrole nitrogens is 1. The summed E-state index contributed by atoms with van der Waals surface area (Å²) in [5, 5.41) is 17.9. The van der Waals surface area contributed by atoms with Gasteiger partial charge in [-0.15, -0.1) is 0 Å². The minimum atomic E-state index is -1.13. The van der Waals surface area contributed by atoms with Crippen molar-refractivity contribution >= 4 is 46.4 Å². The summed E-state index contributed by atoms with van der Waals surface area (Å²) >= 11 is 1.52. The van der Waals surface area contributed by atoms with Crippen LogP contribution in [0.25, 0.3) is 10.9 Å². The number of fused-ring (bicyclic) bond motifs is 1. The van der Waals surface area contributed by atoms with Gasteiger partial charge >= 0.3 is 5.97 Å². The van der Waals surface area contributed by atoms with Crippen LogP contribution < -0.4 is 21.7 Å². The lowest BCUT2D eigenvalue weighted by Crippen LogP contribution is -2.54. The van der Waals surface area contributed by atoms with Gasteiger partial charge in [0.1, 0.15) is 12.1 Å². The van der Waals surface area contributed by atoms with E-state index in [1.165, 1.54) is 11.8 Å². The molecular formula is C24H35N5O5S. The SMILES string of the molecule is CCC(C)C(NC(=O)CNC(=O)C(CCSC)NC(=O)C(N)Cc1c[nH]c2ccccc12)C(=O)O. The molecule has 192 valence electrons. The molecule has 35 heavy (non-hydrogen) atoms. The van der Waals surface area contributed by atoms with Gasteiger partial charge in [-0.1, -0.05) is 38.5 Å². The summed E-state index contributed by atoms with van der Waals surface area (Å²) in [6.45, 7) is 3.16. The van der Waals surface area contributed by atoms with E-state index >= 15 is 0 Å². The van der Waals surface area contributed by atoms with Crippen molar-refractivity contribution in [2.45, 2.75) is 51.2 Å². The van der Waals surface area contributed by atoms with Crippen LogP contribution in [0.15, 0.2) is 30.5 Å². The van der Waals surface area contributed by atoms with Gasteiger partial charge in [-0.05, 0) is 42.4 Å². The molecular weight excluding hydrogens is 470 g/mol. The molecule has 0 aliphatic rings. The molecule has 1 aromatic carbocycles. The third kappa shape index (κ3) is 8.29. The topological polar surface area (TPSA) is 166 Å². The van der Waals surface area contributed by atoms with Crippen LogP contribution in [0.4, 0.5) is 0 Å². The Balaban J connectivity index is 1.95. The van der Waals surface area contributed by atoms with E-state index in [1.54, 1.807) is 6.92 Å². The summed E-state index contributed by atoms with van der Waals surface area (Å²) in [5.74, 6) is -2.40. The number of benzene rings is 1. The molecule has 3 amide bonds. The highest BCUT2D eigenvalue weighted by Crippen LogP contribution is 2.18. The van der Waals surface area contributed by atoms with E-state index < -0.39 is 48.4 Å². The Bertz CT molecular complexity index is 1030. The fraction of sp³-hybridized carbons (Fsp3) is 0.500. The van der Waals surface area contributed by atoms with Crippen molar-refractivity contribution < 1.29 is 24.3 Å². The van der Waals surface area contributed by atoms with E-state index in [2.05, 4.69) is 20.9 Å². The first-order valence-electron chi connectivity index (χ1n) is 11.6. The number of thioether (sulfide) groups is 1. The van der Waals surface area contributed by atoms with Gasteiger partial charge in [-0.25, -0.2) is 4.79 Å². The van der Waals surface area contributed by atoms with Crippen molar-refractivity contribution in [1.82, 2.24) is 20.9 Å². The van der Waals surface area contributed by atoms with Gasteiger partial charge < -0.3 is 31.8 Å². The molecule has 4 unspecified atom stereocenters. The quantitative estimate of drug-likeness (QED) is 0.223. The number of carboxylic acid groups (broad SMARTS) is 1. The monoisotopic (exact) mass is 505 g/mol. The Hall–Kier alpha value is -3.05. The minimum Gasteiger partial charge on any atom is -0.480 e. The van der Waals surface area contributed by atoms with Crippen molar-refractivity contribution in [3.8, 4) is 0 Å². The van der Waals surface area contributed by atoms with E-state index in [1.807, 2.05) is 43.6 Å². The second-order valence-electron chi connectivity index (χ2n) is 8.50. The number of carbonyl (C=O) groups excluding carboxylic acids is 3. The Morgan fingerprint density at radius 2 is 1.86 bits per heavy atom. The molecule has 0 aliphatic heterocycles. The predicted octanol–water partition coefficient (Wildman–Crippen LogP) is 1.01. The highest BCUT2D eigenvalue weighted by atomic mass is 32.2. The number of para-hydroxylation sites is 1. The first kappa shape index (κ1) is 28.2. The molecule has 0 saturated carbocycles. The molecule has 1 aromatic heterocycles. The van der Waals surface area contributed by atoms with Crippen molar-refractivity contribution in [2.24, 2.45) is 11.7 Å². The average Bonchev–Trinajstić information content (AvgIpc) is 3.25. The summed E-state index contributed by atoms with van der Waals surface area (Å²) in [7, 11) is 0. The Morgan fingerprint density at radius 1 is 1.14 bits per heavy atom. The van der Waals surface area contributed by atoms with Gasteiger partial charge in [0.25, 0.3) is 0 Å². The highest BCUT2D eigenvalue weighted by molar-refractivity contribution is 7.98. The maximum absolute atomic E-state index is 12.8. The smallest absolute Gasteiger partial charge is 0.326 e. The summed E-state index contributed by atoms with van der Waals surface area (Å²) in [5.41, 5.74) is 7.99. The highest BCUT2D eigenvalue weighted by Gasteiger charge is 2.27. The number of hydrogen-bond donors (Lipinski definition) is 6. The fourth-order valence-electron chi connectivity index (χ4n) is 3.61. The molecule has 0 spiro atoms. The van der Waals surface area contributed by atoms with Crippen LogP contribution in [0.5, 0.6) is 0 Å². The molecule has 2 rings (SSSR count). The number of rotatable bonds is 14. The number of aromatic nitrogens is 1. The van der Waals surface area contributed by atoms with Crippen molar-refractivity contribution in [1.29, 1.82) is 0 Å². The number of nitrogens with two attached hydrogens (primary N) is 1. The second-order valence-corrected chi connectivity index (χ2v) is 9.49. The number of nitrogens with one attached hydrogen (secondary N) is 4. The second kappa shape index (κ2) is 13.7. The molecule has 11 heteroatoms. The zero-order valence-electron chi connectivity index (χ0n) is 20.3. The van der Waals surface area contributed by atoms with E-state index in [4.69, 9.17) is 5.73 Å². The van der Waals surface area contributed by atoms with Crippen LogP contribution >= 0.6 is 11.8 Å². The first-order chi connectivity index (χ1) is 16.7. The summed E-state index contributed by atoms with van der Waals surface area (Å²) in [6.07, 6.45) is 4.92. The lowest BCUT2D eigenvalue weighted by atomic mass is 9.99. The maximum atomic E-state index is 12.8. The number of carboxylic acids is 1. The number of aromatic amines is 1. The molecule has 0 saturated heterocycles. The van der Waals surface area contributed by atoms with E-state index in [0.29, 0.717) is 25.0 Å². The zero-order chi connectivity index (χ0) is 26.0. The Kier molecular flexibility index (Phi) is 11.1. The van der Waals surface area contributed by atoms with E-state index in [0.717, 1.165) is 16.5 Å². The van der Waals surface area contributed by atoms with Crippen LogP contribution in [0.3, 0.4) is 0 Å². The molecule has 0 radical (unpaired) electrons. The third-order valence-electron chi connectivity index (χ3n) is 5.91. The zero-order valence-corrected chi connectivity index (χ0v) is 21.1. The molecule has 0 bridgehead atoms. The summed E-state index contributed by atoms with van der Waals surface area (Å²) in [6, 6.07) is 4.92. The van der Waals surface area contributed by atoms with Crippen molar-refractivity contribution in [3.05, 3.63) is 36.0 Å². The number of amides is 3. The third-order valence-corrected chi connectivity index (χ3v) is 6.56. The van der Waals surface area contributed by atoms with Crippen molar-refractivity contribution in [3.63, 3.8) is 0 Å². The van der Waals surface area contributed by atoms with Gasteiger partial charge in [0.2, 0.25) is 17.7 Å². The Labute approximate surface area is 209 Å². The lowest BCUT2D eigenvalue weighted by Gasteiger charge is -2.22. The molecule has 2 aromatic rings. The molecule has 10 nitrogen and oxygen atoms in total. The minimum absolute atomic E-state index is 0.264. The Morgan fingerprint density at radius 3 is 2.51 bits per heavy atom. The number of hydrogen-bond acceptors (Lipinski definition) is 6. The van der Waals surface area contributed by atoms with Gasteiger partial charge in [0, 0.05) is 17.1 Å². The molecule has 4 atom stereocenters. The maximum Gasteiger partial charge on any atom is 0.326 e. The van der Waals surface area contributed by atoms with Crippen LogP contribution in [0.2, 0.25) is 0 Å². The number of carbonyl (C=O) groups is 4. The van der Waals surface area contributed by atoms with Gasteiger partial charge in [0.15, 0.2) is 0 Å². The van der Waals surface area contributed by atoms with Gasteiger partial charge in [-0.2, -0.15) is 11.8 Å². The largest absolute Gasteiger partial charge is 0.480 e. The number of aliphatic carboxylic acids is 1. The van der Waals surface area contributed by atoms with Gasteiger partial charge in [-0.3, -0.25) is 14.4 Å². The normalized spacial score (nSPS) is 14.5. The molecule has 1 heterocycles. The van der Waals surface area contributed by atoms with Crippen LogP contribution in [0, 0.1) is 5.92 Å². The summed E-state index contributed by atoms with van der Waals surface area (Å²) in [4.78, 5) is 52.3. The van der Waals surface area contributed by atoms with Crippen molar-refractivity contribution in [2.75, 3.05) is 18.6 Å². The van der Waals surface area contributed by atoms with E-state index in [9.17, 15) is 24.3 Å². The van der Waals surface area contributed by atoms with E-state index in [-0.39, 0.29) is 5.92 Å². The van der Waals surface area contributed by atoms with Crippen LogP contribution in [-0.4, -0.2) is 70.5 Å². The van der Waals surface area contributed by atoms with Gasteiger partial charge in [0.05, 0.1) is 12.6 Å². The standard InChI is InChI=1S/C24H35N5O5S/c1-4-14(2)21(24(33)34)29-20(30)13-27-23(32)19(9-10-35-3)28-22(31)17(25)11-15-12-26-18-8-6-5-7-16(15)18/h5-8,12,14,17,19,21,26H,4,9-11,13,25H2,1-3H3,(H,27,32)(H,28,31)(H,29,30)(H,33,34). The lowest BCUT2D eigenvalue weighted by molar-refractivity contribution is -0.143. The first-order valence-corrected chi connectivity index (χ1v) is 13.0. The average molecular weight is 506 g/mol. The fourth-order valence-corrected chi connectivity index (χ4v) is 4.08. The molecule has 0 aliphatic carbocycles. The van der Waals surface area contributed by atoms with Crippen LogP contribution in [0.1, 0.15) is 32.3 Å². The molecule has 0 fully saturated rings. The molecule has 7 N–H and O–H groups in total. The van der Waals surface area contributed by atoms with Crippen LogP contribution in [-0.2, 0) is 25.6 Å². The summed E-state index contributed by atoms with van der Waals surface area (Å²) < 4.78 is 0.